The van der Waals surface area contributed by atoms with Crippen LogP contribution in [0.5, 0.6) is 0 Å². The minimum absolute atomic E-state index is 0.195. The first-order valence-electron chi connectivity index (χ1n) is 20.2. The normalized spacial score (nSPS) is 13.3. The summed E-state index contributed by atoms with van der Waals surface area (Å²) >= 11 is 1.88. The van der Waals surface area contributed by atoms with Crippen LogP contribution in [-0.4, -0.2) is 41.3 Å². The van der Waals surface area contributed by atoms with Crippen LogP contribution in [0.2, 0.25) is 0 Å². The molecule has 270 valence electrons. The highest BCUT2D eigenvalue weighted by Gasteiger charge is 2.15. The second kappa shape index (κ2) is 38.7. The monoisotopic (exact) mass is 660 g/mol. The summed E-state index contributed by atoms with van der Waals surface area (Å²) in [4.78, 5) is 2.23. The van der Waals surface area contributed by atoms with Gasteiger partial charge in [0.15, 0.2) is 0 Å². The summed E-state index contributed by atoms with van der Waals surface area (Å²) in [5, 5.41) is 11.4. The summed E-state index contributed by atoms with van der Waals surface area (Å²) in [5.74, 6) is 0. The van der Waals surface area contributed by atoms with Gasteiger partial charge in [0.05, 0.1) is 5.44 Å². The molecule has 0 amide bonds. The van der Waals surface area contributed by atoms with Crippen molar-refractivity contribution in [3.8, 4) is 0 Å². The smallest absolute Gasteiger partial charge is 0.0995 e. The molecule has 0 bridgehead atoms. The third-order valence-electron chi connectivity index (χ3n) is 8.86. The molecule has 1 atom stereocenters. The van der Waals surface area contributed by atoms with Gasteiger partial charge in [-0.25, -0.2) is 0 Å². The number of hydrogen-bond acceptors (Lipinski definition) is 3. The molecular formula is C43H81NOS. The number of aliphatic hydroxyl groups excluding tert-OH is 1. The van der Waals surface area contributed by atoms with Crippen molar-refractivity contribution in [2.24, 2.45) is 0 Å². The lowest BCUT2D eigenvalue weighted by molar-refractivity contribution is 0.240. The minimum atomic E-state index is -0.195. The molecule has 0 aliphatic rings. The molecule has 0 heterocycles. The average molecular weight is 660 g/mol. The highest BCUT2D eigenvalue weighted by Crippen LogP contribution is 2.29. The van der Waals surface area contributed by atoms with E-state index in [-0.39, 0.29) is 5.44 Å². The quantitative estimate of drug-likeness (QED) is 0.0411. The van der Waals surface area contributed by atoms with Gasteiger partial charge in [-0.1, -0.05) is 152 Å². The first kappa shape index (κ1) is 45.2. The lowest BCUT2D eigenvalue weighted by atomic mass is 10.0. The third kappa shape index (κ3) is 37.7. The zero-order valence-corrected chi connectivity index (χ0v) is 32.4. The standard InChI is InChI=1S/C43H81NOS/c1-5-7-9-11-13-15-17-19-21-23-25-27-29-31-33-35-38-42(46-43(45)40-37-41-44(3)4)39-36-34-32-30-28-26-24-22-20-18-16-14-12-10-8-6-2/h13-16,19-22,42-43,45H,5-12,17-18,23-41H2,1-4H3/b15-13-,16-14-,21-19-,22-20-. The van der Waals surface area contributed by atoms with Gasteiger partial charge in [-0.05, 0) is 111 Å². The van der Waals surface area contributed by atoms with Gasteiger partial charge in [0, 0.05) is 5.25 Å². The molecule has 0 aliphatic heterocycles. The van der Waals surface area contributed by atoms with E-state index in [0.717, 1.165) is 32.2 Å². The fourth-order valence-corrected chi connectivity index (χ4v) is 7.23. The van der Waals surface area contributed by atoms with E-state index >= 15 is 0 Å². The van der Waals surface area contributed by atoms with E-state index in [0.29, 0.717) is 5.25 Å². The summed E-state index contributed by atoms with van der Waals surface area (Å²) in [7, 11) is 4.25. The lowest BCUT2D eigenvalue weighted by Gasteiger charge is -2.21. The van der Waals surface area contributed by atoms with Gasteiger partial charge < -0.3 is 10.0 Å². The molecule has 1 unspecified atom stereocenters. The van der Waals surface area contributed by atoms with Crippen molar-refractivity contribution < 1.29 is 5.11 Å². The number of nitrogens with zero attached hydrogens (tertiary/aromatic N) is 1. The van der Waals surface area contributed by atoms with Gasteiger partial charge in [0.25, 0.3) is 0 Å². The Morgan fingerprint density at radius 2 is 0.826 bits per heavy atom. The van der Waals surface area contributed by atoms with Crippen LogP contribution >= 0.6 is 11.8 Å². The second-order valence-corrected chi connectivity index (χ2v) is 15.4. The van der Waals surface area contributed by atoms with E-state index in [4.69, 9.17) is 0 Å². The van der Waals surface area contributed by atoms with Crippen LogP contribution in [-0.2, 0) is 0 Å². The first-order valence-corrected chi connectivity index (χ1v) is 21.1. The third-order valence-corrected chi connectivity index (χ3v) is 10.3. The predicted octanol–water partition coefficient (Wildman–Crippen LogP) is 14.2. The molecule has 0 aliphatic carbocycles. The summed E-state index contributed by atoms with van der Waals surface area (Å²) in [6, 6.07) is 0. The maximum absolute atomic E-state index is 10.7. The SMILES string of the molecule is CCCCC/C=C\C/C=C\CCCCCCCCC(CCCCCCCC/C=C\C/C=C\CCCCC)SC(O)CCCN(C)C. The Hall–Kier alpha value is -0.770. The molecule has 46 heavy (non-hydrogen) atoms. The van der Waals surface area contributed by atoms with Crippen molar-refractivity contribution in [2.75, 3.05) is 20.6 Å². The van der Waals surface area contributed by atoms with E-state index in [1.54, 1.807) is 0 Å². The van der Waals surface area contributed by atoms with E-state index in [1.807, 2.05) is 11.8 Å². The average Bonchev–Trinajstić information content (AvgIpc) is 3.04. The molecule has 1 N–H and O–H groups in total. The Balaban J connectivity index is 4.01. The number of rotatable bonds is 36. The Labute approximate surface area is 294 Å². The van der Waals surface area contributed by atoms with Gasteiger partial charge in [-0.15, -0.1) is 11.8 Å². The Morgan fingerprint density at radius 1 is 0.457 bits per heavy atom. The van der Waals surface area contributed by atoms with E-state index in [1.165, 1.54) is 154 Å². The molecule has 0 saturated carbocycles. The van der Waals surface area contributed by atoms with Gasteiger partial charge in [0.1, 0.15) is 0 Å². The molecule has 0 saturated heterocycles. The predicted molar refractivity (Wildman–Crippen MR) is 213 cm³/mol. The fourth-order valence-electron chi connectivity index (χ4n) is 5.87. The molecule has 0 radical (unpaired) electrons. The molecule has 0 spiro atoms. The maximum atomic E-state index is 10.7. The van der Waals surface area contributed by atoms with Crippen LogP contribution in [0, 0.1) is 0 Å². The van der Waals surface area contributed by atoms with Crippen LogP contribution < -0.4 is 0 Å². The summed E-state index contributed by atoms with van der Waals surface area (Å²) in [6.07, 6.45) is 54.9. The van der Waals surface area contributed by atoms with E-state index in [2.05, 4.69) is 81.5 Å². The van der Waals surface area contributed by atoms with E-state index in [9.17, 15) is 5.11 Å². The van der Waals surface area contributed by atoms with Crippen molar-refractivity contribution in [1.82, 2.24) is 4.90 Å². The molecular weight excluding hydrogens is 579 g/mol. The van der Waals surface area contributed by atoms with Gasteiger partial charge >= 0.3 is 0 Å². The van der Waals surface area contributed by atoms with Crippen LogP contribution in [0.15, 0.2) is 48.6 Å². The van der Waals surface area contributed by atoms with Crippen LogP contribution in [0.4, 0.5) is 0 Å². The summed E-state index contributed by atoms with van der Waals surface area (Å²) in [6.45, 7) is 5.61. The zero-order chi connectivity index (χ0) is 33.6. The van der Waals surface area contributed by atoms with Crippen molar-refractivity contribution >= 4 is 11.8 Å². The summed E-state index contributed by atoms with van der Waals surface area (Å²) < 4.78 is 0. The molecule has 2 nitrogen and oxygen atoms in total. The van der Waals surface area contributed by atoms with Crippen molar-refractivity contribution in [1.29, 1.82) is 0 Å². The Kier molecular flexibility index (Phi) is 38.0. The number of allylic oxidation sites excluding steroid dienone is 8. The van der Waals surface area contributed by atoms with Crippen LogP contribution in [0.1, 0.15) is 194 Å². The second-order valence-electron chi connectivity index (χ2n) is 13.9. The van der Waals surface area contributed by atoms with Crippen LogP contribution in [0.25, 0.3) is 0 Å². The van der Waals surface area contributed by atoms with E-state index < -0.39 is 0 Å². The Morgan fingerprint density at radius 3 is 1.22 bits per heavy atom. The molecule has 0 aromatic carbocycles. The van der Waals surface area contributed by atoms with Gasteiger partial charge in [-0.2, -0.15) is 0 Å². The topological polar surface area (TPSA) is 23.5 Å². The minimum Gasteiger partial charge on any atom is -0.382 e. The van der Waals surface area contributed by atoms with Crippen molar-refractivity contribution in [3.63, 3.8) is 0 Å². The van der Waals surface area contributed by atoms with Crippen molar-refractivity contribution in [2.45, 2.75) is 204 Å². The van der Waals surface area contributed by atoms with Gasteiger partial charge in [-0.3, -0.25) is 0 Å². The zero-order valence-electron chi connectivity index (χ0n) is 31.6. The van der Waals surface area contributed by atoms with Gasteiger partial charge in [0.2, 0.25) is 0 Å². The lowest BCUT2D eigenvalue weighted by Crippen LogP contribution is -2.16. The highest BCUT2D eigenvalue weighted by atomic mass is 32.2. The first-order chi connectivity index (χ1) is 22.6. The number of aliphatic hydroxyl groups is 1. The number of thioether (sulfide) groups is 1. The number of unbranched alkanes of at least 4 members (excludes halogenated alkanes) is 18. The molecule has 0 fully saturated rings. The number of hydrogen-bond donors (Lipinski definition) is 1. The summed E-state index contributed by atoms with van der Waals surface area (Å²) in [5.41, 5.74) is -0.195. The van der Waals surface area contributed by atoms with Crippen molar-refractivity contribution in [3.05, 3.63) is 48.6 Å². The fraction of sp³-hybridized carbons (Fsp3) is 0.814. The largest absolute Gasteiger partial charge is 0.382 e. The molecule has 0 aromatic rings. The van der Waals surface area contributed by atoms with Crippen LogP contribution in [0.3, 0.4) is 0 Å². The molecule has 0 aromatic heterocycles. The molecule has 3 heteroatoms. The molecule has 0 rings (SSSR count). The highest BCUT2D eigenvalue weighted by molar-refractivity contribution is 8.00. The Bertz CT molecular complexity index is 649. The maximum Gasteiger partial charge on any atom is 0.0995 e.